The van der Waals surface area contributed by atoms with Crippen LogP contribution in [-0.4, -0.2) is 33.8 Å². The van der Waals surface area contributed by atoms with Crippen LogP contribution in [0.3, 0.4) is 0 Å². The van der Waals surface area contributed by atoms with Crippen molar-refractivity contribution in [3.8, 4) is 0 Å². The van der Waals surface area contributed by atoms with Gasteiger partial charge in [-0.3, -0.25) is 0 Å². The predicted octanol–water partition coefficient (Wildman–Crippen LogP) is 1.16. The van der Waals surface area contributed by atoms with E-state index in [1.807, 2.05) is 6.92 Å². The molecule has 0 aromatic rings. The number of aliphatic hydroxyl groups is 1. The van der Waals surface area contributed by atoms with E-state index >= 15 is 0 Å². The summed E-state index contributed by atoms with van der Waals surface area (Å²) >= 11 is 0. The van der Waals surface area contributed by atoms with Gasteiger partial charge in [0.05, 0.1) is 6.61 Å². The molecule has 1 N–H and O–H groups in total. The van der Waals surface area contributed by atoms with Crippen LogP contribution in [0.4, 0.5) is 0 Å². The van der Waals surface area contributed by atoms with Crippen LogP contribution in [0.5, 0.6) is 0 Å². The fourth-order valence-corrected chi connectivity index (χ4v) is 2.19. The third-order valence-corrected chi connectivity index (χ3v) is 3.24. The van der Waals surface area contributed by atoms with Crippen molar-refractivity contribution in [2.24, 2.45) is 5.92 Å². The van der Waals surface area contributed by atoms with Gasteiger partial charge in [0.1, 0.15) is 0 Å². The summed E-state index contributed by atoms with van der Waals surface area (Å²) in [5.41, 5.74) is 7.28. The van der Waals surface area contributed by atoms with E-state index in [0.29, 0.717) is 6.42 Å². The fourth-order valence-electron chi connectivity index (χ4n) is 2.19. The van der Waals surface area contributed by atoms with E-state index in [9.17, 15) is 9.90 Å². The zero-order valence-corrected chi connectivity index (χ0v) is 9.77. The molecule has 1 rings (SSSR count). The number of esters is 1. The van der Waals surface area contributed by atoms with Gasteiger partial charge in [-0.1, -0.05) is 13.3 Å². The second-order valence-electron chi connectivity index (χ2n) is 4.24. The summed E-state index contributed by atoms with van der Waals surface area (Å²) in [6.07, 6.45) is 3.09. The van der Waals surface area contributed by atoms with Crippen molar-refractivity contribution in [1.29, 1.82) is 0 Å². The van der Waals surface area contributed by atoms with Crippen molar-refractivity contribution in [2.45, 2.75) is 45.1 Å². The maximum absolute atomic E-state index is 11.6. The SMILES string of the molecule is CCOC(=O)C(=[N+]=[N-])C1(O)CCCCC1C. The summed E-state index contributed by atoms with van der Waals surface area (Å²) < 4.78 is 4.77. The van der Waals surface area contributed by atoms with Crippen molar-refractivity contribution in [3.63, 3.8) is 0 Å². The number of carbonyl (C=O) groups is 1. The van der Waals surface area contributed by atoms with Crippen LogP contribution >= 0.6 is 0 Å². The summed E-state index contributed by atoms with van der Waals surface area (Å²) in [5, 5.41) is 10.4. The third kappa shape index (κ3) is 2.31. The Kier molecular flexibility index (Phi) is 4.21. The first-order valence-electron chi connectivity index (χ1n) is 5.68. The number of carbonyl (C=O) groups excluding carboxylic acids is 1. The summed E-state index contributed by atoms with van der Waals surface area (Å²) in [6.45, 7) is 3.72. The summed E-state index contributed by atoms with van der Waals surface area (Å²) in [7, 11) is 0. The first kappa shape index (κ1) is 12.9. The van der Waals surface area contributed by atoms with E-state index < -0.39 is 11.6 Å². The molecular formula is C11H18N2O3. The first-order valence-corrected chi connectivity index (χ1v) is 5.68. The molecule has 2 atom stereocenters. The van der Waals surface area contributed by atoms with Gasteiger partial charge in [0, 0.05) is 0 Å². The van der Waals surface area contributed by atoms with Crippen LogP contribution in [0.2, 0.25) is 0 Å². The van der Waals surface area contributed by atoms with Gasteiger partial charge < -0.3 is 15.4 Å². The van der Waals surface area contributed by atoms with Crippen LogP contribution < -0.4 is 0 Å². The molecule has 5 nitrogen and oxygen atoms in total. The van der Waals surface area contributed by atoms with Gasteiger partial charge in [-0.25, -0.2) is 4.79 Å². The minimum atomic E-state index is -1.35. The largest absolute Gasteiger partial charge is 0.457 e. The Morgan fingerprint density at radius 1 is 1.62 bits per heavy atom. The van der Waals surface area contributed by atoms with Gasteiger partial charge >= 0.3 is 11.7 Å². The van der Waals surface area contributed by atoms with E-state index in [-0.39, 0.29) is 18.2 Å². The minimum absolute atomic E-state index is 0.100. The Bertz CT molecular complexity index is 323. The highest BCUT2D eigenvalue weighted by molar-refractivity contribution is 6.37. The fraction of sp³-hybridized carbons (Fsp3) is 0.818. The van der Waals surface area contributed by atoms with Crippen molar-refractivity contribution < 1.29 is 19.4 Å². The maximum atomic E-state index is 11.6. The van der Waals surface area contributed by atoms with Crippen LogP contribution in [0.15, 0.2) is 0 Å². The van der Waals surface area contributed by atoms with Crippen LogP contribution in [0.1, 0.15) is 39.5 Å². The quantitative estimate of drug-likeness (QED) is 0.339. The van der Waals surface area contributed by atoms with Crippen LogP contribution in [0.25, 0.3) is 5.53 Å². The predicted molar refractivity (Wildman–Crippen MR) is 57.8 cm³/mol. The number of hydrogen-bond acceptors (Lipinski definition) is 3. The molecule has 90 valence electrons. The molecule has 0 aromatic heterocycles. The van der Waals surface area contributed by atoms with Crippen molar-refractivity contribution in [2.75, 3.05) is 6.61 Å². The smallest absolute Gasteiger partial charge is 0.420 e. The number of rotatable bonds is 3. The average molecular weight is 226 g/mol. The van der Waals surface area contributed by atoms with Crippen molar-refractivity contribution in [3.05, 3.63) is 5.53 Å². The molecule has 1 aliphatic rings. The lowest BCUT2D eigenvalue weighted by Gasteiger charge is -2.33. The lowest BCUT2D eigenvalue weighted by molar-refractivity contribution is -0.145. The molecule has 1 saturated carbocycles. The number of nitrogens with zero attached hydrogens (tertiary/aromatic N) is 2. The highest BCUT2D eigenvalue weighted by Gasteiger charge is 2.51. The molecule has 0 amide bonds. The van der Waals surface area contributed by atoms with Gasteiger partial charge in [0.25, 0.3) is 0 Å². The van der Waals surface area contributed by atoms with Gasteiger partial charge in [0.15, 0.2) is 5.60 Å². The number of ether oxygens (including phenoxy) is 1. The maximum Gasteiger partial charge on any atom is 0.420 e. The third-order valence-electron chi connectivity index (χ3n) is 3.24. The number of hydrogen-bond donors (Lipinski definition) is 1. The Morgan fingerprint density at radius 3 is 2.81 bits per heavy atom. The van der Waals surface area contributed by atoms with Crippen molar-refractivity contribution in [1.82, 2.24) is 0 Å². The molecule has 0 radical (unpaired) electrons. The highest BCUT2D eigenvalue weighted by atomic mass is 16.5. The van der Waals surface area contributed by atoms with Gasteiger partial charge in [0.2, 0.25) is 0 Å². The molecule has 1 fully saturated rings. The zero-order valence-electron chi connectivity index (χ0n) is 9.77. The molecule has 0 saturated heterocycles. The molecular weight excluding hydrogens is 208 g/mol. The van der Waals surface area contributed by atoms with Gasteiger partial charge in [-0.15, -0.1) is 0 Å². The van der Waals surface area contributed by atoms with E-state index in [2.05, 4.69) is 4.79 Å². The molecule has 0 spiro atoms. The Hall–Kier alpha value is -1.19. The normalized spacial score (nSPS) is 29.3. The molecule has 0 aromatic carbocycles. The minimum Gasteiger partial charge on any atom is -0.457 e. The summed E-state index contributed by atoms with van der Waals surface area (Å²) in [4.78, 5) is 14.5. The molecule has 2 unspecified atom stereocenters. The Labute approximate surface area is 95.0 Å². The van der Waals surface area contributed by atoms with Gasteiger partial charge in [-0.05, 0) is 32.1 Å². The highest BCUT2D eigenvalue weighted by Crippen LogP contribution is 2.34. The topological polar surface area (TPSA) is 82.9 Å². The monoisotopic (exact) mass is 226 g/mol. The molecule has 0 heterocycles. The van der Waals surface area contributed by atoms with E-state index in [0.717, 1.165) is 19.3 Å². The Balaban J connectivity index is 2.94. The van der Waals surface area contributed by atoms with Crippen LogP contribution in [0, 0.1) is 5.92 Å². The molecule has 1 aliphatic carbocycles. The second kappa shape index (κ2) is 5.23. The molecule has 16 heavy (non-hydrogen) atoms. The zero-order chi connectivity index (χ0) is 12.2. The molecule has 0 bridgehead atoms. The van der Waals surface area contributed by atoms with E-state index in [1.54, 1.807) is 6.92 Å². The summed E-state index contributed by atoms with van der Waals surface area (Å²) in [5.74, 6) is -0.835. The van der Waals surface area contributed by atoms with Crippen LogP contribution in [-0.2, 0) is 9.53 Å². The average Bonchev–Trinajstić information content (AvgIpc) is 2.24. The second-order valence-corrected chi connectivity index (χ2v) is 4.24. The van der Waals surface area contributed by atoms with E-state index in [1.165, 1.54) is 0 Å². The lowest BCUT2D eigenvalue weighted by atomic mass is 9.73. The Morgan fingerprint density at radius 2 is 2.31 bits per heavy atom. The lowest BCUT2D eigenvalue weighted by Crippen LogP contribution is -2.51. The molecule has 5 heteroatoms. The standard InChI is InChI=1S/C11H18N2O3/c1-3-16-10(14)9(13-12)11(15)7-5-4-6-8(11)2/h8,15H,3-7H2,1-2H3. The molecule has 0 aliphatic heterocycles. The van der Waals surface area contributed by atoms with Crippen molar-refractivity contribution >= 4 is 11.7 Å². The summed E-state index contributed by atoms with van der Waals surface area (Å²) in [6, 6.07) is 0. The van der Waals surface area contributed by atoms with Gasteiger partial charge in [-0.2, -0.15) is 4.79 Å². The first-order chi connectivity index (χ1) is 7.56. The van der Waals surface area contributed by atoms with E-state index in [4.69, 9.17) is 10.3 Å².